The van der Waals surface area contributed by atoms with Gasteiger partial charge in [-0.15, -0.1) is 0 Å². The second-order valence-corrected chi connectivity index (χ2v) is 9.26. The van der Waals surface area contributed by atoms with Gasteiger partial charge < -0.3 is 19.9 Å². The number of Topliss-reactive ketones (excluding diaryl/α,β-unsaturated/α-hetero) is 1. The molecule has 2 amide bonds. The summed E-state index contributed by atoms with van der Waals surface area (Å²) in [7, 11) is 0. The van der Waals surface area contributed by atoms with Crippen molar-refractivity contribution in [2.24, 2.45) is 11.8 Å². The number of rotatable bonds is 3. The van der Waals surface area contributed by atoms with Gasteiger partial charge in [0, 0.05) is 58.5 Å². The number of amides is 2. The smallest absolute Gasteiger partial charge is 0.226 e. The van der Waals surface area contributed by atoms with Crippen molar-refractivity contribution in [2.45, 2.75) is 44.7 Å². The summed E-state index contributed by atoms with van der Waals surface area (Å²) in [4.78, 5) is 43.7. The van der Waals surface area contributed by atoms with Gasteiger partial charge in [0.15, 0.2) is 5.78 Å². The first-order valence-corrected chi connectivity index (χ1v) is 11.4. The van der Waals surface area contributed by atoms with E-state index >= 15 is 0 Å². The van der Waals surface area contributed by atoms with Crippen LogP contribution in [0.25, 0.3) is 10.9 Å². The molecule has 1 unspecified atom stereocenters. The number of nitrogens with zero attached hydrogens (tertiary/aromatic N) is 1. The molecule has 1 saturated heterocycles. The van der Waals surface area contributed by atoms with Gasteiger partial charge in [-0.25, -0.2) is 0 Å². The van der Waals surface area contributed by atoms with E-state index in [-0.39, 0.29) is 36.7 Å². The number of hydrogen-bond donors (Lipinski definition) is 2. The molecule has 164 valence electrons. The first-order chi connectivity index (χ1) is 15.0. The second kappa shape index (κ2) is 8.28. The normalized spacial score (nSPS) is 26.2. The minimum absolute atomic E-state index is 0.0378. The van der Waals surface area contributed by atoms with Crippen LogP contribution in [0, 0.1) is 11.8 Å². The van der Waals surface area contributed by atoms with Crippen LogP contribution in [0.5, 0.6) is 0 Å². The van der Waals surface area contributed by atoms with Gasteiger partial charge in [0.2, 0.25) is 11.8 Å². The van der Waals surface area contributed by atoms with Crippen molar-refractivity contribution < 1.29 is 19.1 Å². The SMILES string of the molecule is O=C1COCC1NC(=O)[C@@H]1CCCC[C@H]1C(=O)N1CCc2[nH]c3ccc(Cl)cc3c2C1. The summed E-state index contributed by atoms with van der Waals surface area (Å²) in [5.41, 5.74) is 3.30. The molecule has 0 bridgehead atoms. The van der Waals surface area contributed by atoms with Crippen LogP contribution in [0.1, 0.15) is 36.9 Å². The fraction of sp³-hybridized carbons (Fsp3) is 0.522. The quantitative estimate of drug-likeness (QED) is 0.762. The third kappa shape index (κ3) is 3.85. The lowest BCUT2D eigenvalue weighted by atomic mass is 9.77. The summed E-state index contributed by atoms with van der Waals surface area (Å²) < 4.78 is 5.14. The minimum Gasteiger partial charge on any atom is -0.371 e. The summed E-state index contributed by atoms with van der Waals surface area (Å²) in [6.45, 7) is 1.41. The summed E-state index contributed by atoms with van der Waals surface area (Å²) in [6.07, 6.45) is 3.99. The van der Waals surface area contributed by atoms with Crippen molar-refractivity contribution >= 4 is 40.1 Å². The zero-order chi connectivity index (χ0) is 21.5. The number of hydrogen-bond acceptors (Lipinski definition) is 4. The summed E-state index contributed by atoms with van der Waals surface area (Å²) in [5, 5.41) is 4.55. The number of aromatic amines is 1. The highest BCUT2D eigenvalue weighted by Gasteiger charge is 2.40. The molecule has 31 heavy (non-hydrogen) atoms. The van der Waals surface area contributed by atoms with Crippen LogP contribution in [0.4, 0.5) is 0 Å². The van der Waals surface area contributed by atoms with Crippen molar-refractivity contribution in [3.8, 4) is 0 Å². The average molecular weight is 444 g/mol. The number of ketones is 1. The molecule has 8 heteroatoms. The van der Waals surface area contributed by atoms with Crippen LogP contribution in [-0.4, -0.2) is 53.3 Å². The van der Waals surface area contributed by atoms with Gasteiger partial charge in [-0.3, -0.25) is 14.4 Å². The van der Waals surface area contributed by atoms with Crippen LogP contribution in [0.15, 0.2) is 18.2 Å². The number of ether oxygens (including phenoxy) is 1. The van der Waals surface area contributed by atoms with Crippen LogP contribution in [0.2, 0.25) is 5.02 Å². The fourth-order valence-electron chi connectivity index (χ4n) is 5.22. The second-order valence-electron chi connectivity index (χ2n) is 8.82. The van der Waals surface area contributed by atoms with E-state index in [1.807, 2.05) is 23.1 Å². The molecule has 2 fully saturated rings. The molecule has 3 aliphatic rings. The van der Waals surface area contributed by atoms with E-state index in [0.717, 1.165) is 41.4 Å². The van der Waals surface area contributed by atoms with Crippen LogP contribution in [-0.2, 0) is 32.1 Å². The lowest BCUT2D eigenvalue weighted by Crippen LogP contribution is -2.49. The van der Waals surface area contributed by atoms with Gasteiger partial charge in [-0.2, -0.15) is 0 Å². The molecule has 1 aromatic carbocycles. The standard InChI is InChI=1S/C23H26ClN3O4/c24-13-5-6-18-16(9-13)17-10-27(8-7-19(17)25-18)23(30)15-4-2-1-3-14(15)22(29)26-20-11-31-12-21(20)28/h5-6,9,14-15,20,25H,1-4,7-8,10-12H2,(H,26,29)/t14-,15-,20?/m1/s1. The number of benzene rings is 1. The third-order valence-electron chi connectivity index (χ3n) is 6.90. The lowest BCUT2D eigenvalue weighted by molar-refractivity contribution is -0.144. The predicted octanol–water partition coefficient (Wildman–Crippen LogP) is 2.60. The Bertz CT molecular complexity index is 1050. The molecule has 2 aromatic rings. The van der Waals surface area contributed by atoms with Crippen molar-refractivity contribution in [1.82, 2.24) is 15.2 Å². The zero-order valence-corrected chi connectivity index (χ0v) is 18.0. The Kier molecular flexibility index (Phi) is 5.48. The summed E-state index contributed by atoms with van der Waals surface area (Å²) in [6, 6.07) is 5.19. The van der Waals surface area contributed by atoms with E-state index in [9.17, 15) is 14.4 Å². The average Bonchev–Trinajstić information content (AvgIpc) is 3.35. The number of carbonyl (C=O) groups excluding carboxylic acids is 3. The Hall–Kier alpha value is -2.38. The van der Waals surface area contributed by atoms with E-state index in [1.54, 1.807) is 0 Å². The van der Waals surface area contributed by atoms with E-state index in [4.69, 9.17) is 16.3 Å². The monoisotopic (exact) mass is 443 g/mol. The van der Waals surface area contributed by atoms with Gasteiger partial charge in [-0.05, 0) is 31.0 Å². The number of carbonyl (C=O) groups is 3. The first kappa shape index (κ1) is 20.5. The van der Waals surface area contributed by atoms with E-state index in [2.05, 4.69) is 10.3 Å². The molecule has 3 atom stereocenters. The fourth-order valence-corrected chi connectivity index (χ4v) is 5.39. The number of H-pyrrole nitrogens is 1. The molecular weight excluding hydrogens is 418 g/mol. The van der Waals surface area contributed by atoms with Crippen molar-refractivity contribution in [3.05, 3.63) is 34.5 Å². The first-order valence-electron chi connectivity index (χ1n) is 11.0. The number of fused-ring (bicyclic) bond motifs is 3. The maximum Gasteiger partial charge on any atom is 0.226 e. The van der Waals surface area contributed by atoms with Crippen molar-refractivity contribution in [1.29, 1.82) is 0 Å². The predicted molar refractivity (Wildman–Crippen MR) is 116 cm³/mol. The Balaban J connectivity index is 1.33. The molecule has 2 aliphatic heterocycles. The number of halogens is 1. The Morgan fingerprint density at radius 1 is 1.19 bits per heavy atom. The van der Waals surface area contributed by atoms with Gasteiger partial charge in [0.05, 0.1) is 6.61 Å². The van der Waals surface area contributed by atoms with Crippen LogP contribution in [0.3, 0.4) is 0 Å². The molecule has 1 aliphatic carbocycles. The van der Waals surface area contributed by atoms with Gasteiger partial charge in [-0.1, -0.05) is 24.4 Å². The van der Waals surface area contributed by atoms with E-state index in [1.165, 1.54) is 0 Å². The van der Waals surface area contributed by atoms with Gasteiger partial charge in [0.25, 0.3) is 0 Å². The van der Waals surface area contributed by atoms with Crippen molar-refractivity contribution in [2.75, 3.05) is 19.8 Å². The maximum atomic E-state index is 13.5. The van der Waals surface area contributed by atoms with E-state index < -0.39 is 12.0 Å². The molecular formula is C23H26ClN3O4. The third-order valence-corrected chi connectivity index (χ3v) is 7.14. The molecule has 2 N–H and O–H groups in total. The number of aromatic nitrogens is 1. The van der Waals surface area contributed by atoms with Gasteiger partial charge in [0.1, 0.15) is 12.6 Å². The maximum absolute atomic E-state index is 13.5. The van der Waals surface area contributed by atoms with Crippen molar-refractivity contribution in [3.63, 3.8) is 0 Å². The topological polar surface area (TPSA) is 91.5 Å². The molecule has 5 rings (SSSR count). The number of nitrogens with one attached hydrogen (secondary N) is 2. The Labute approximate surface area is 185 Å². The molecule has 1 saturated carbocycles. The highest BCUT2D eigenvalue weighted by atomic mass is 35.5. The van der Waals surface area contributed by atoms with Crippen LogP contribution >= 0.6 is 11.6 Å². The summed E-state index contributed by atoms with van der Waals surface area (Å²) >= 11 is 6.20. The van der Waals surface area contributed by atoms with Gasteiger partial charge >= 0.3 is 0 Å². The van der Waals surface area contributed by atoms with E-state index in [0.29, 0.717) is 31.0 Å². The molecule has 1 aromatic heterocycles. The molecule has 0 radical (unpaired) electrons. The van der Waals surface area contributed by atoms with Crippen LogP contribution < -0.4 is 5.32 Å². The Morgan fingerprint density at radius 2 is 2.00 bits per heavy atom. The largest absolute Gasteiger partial charge is 0.371 e. The highest BCUT2D eigenvalue weighted by molar-refractivity contribution is 6.31. The molecule has 3 heterocycles. The Morgan fingerprint density at radius 3 is 2.77 bits per heavy atom. The summed E-state index contributed by atoms with van der Waals surface area (Å²) in [5.74, 6) is -1.00. The highest BCUT2D eigenvalue weighted by Crippen LogP contribution is 2.35. The molecule has 7 nitrogen and oxygen atoms in total. The minimum atomic E-state index is -0.585. The zero-order valence-electron chi connectivity index (χ0n) is 17.3. The molecule has 0 spiro atoms. The lowest BCUT2D eigenvalue weighted by Gasteiger charge is -2.36.